The van der Waals surface area contributed by atoms with Gasteiger partial charge in [-0.3, -0.25) is 9.78 Å². The second-order valence-corrected chi connectivity index (χ2v) is 7.02. The number of fused-ring (bicyclic) bond motifs is 1. The molecule has 1 aromatic rings. The molecule has 3 rings (SSSR count). The molecule has 1 N–H and O–H groups in total. The molecule has 1 atom stereocenters. The van der Waals surface area contributed by atoms with E-state index >= 15 is 0 Å². The second-order valence-electron chi connectivity index (χ2n) is 7.02. The largest absolute Gasteiger partial charge is 0.396 e. The Labute approximate surface area is 138 Å². The van der Waals surface area contributed by atoms with E-state index in [1.165, 1.54) is 18.4 Å². The van der Waals surface area contributed by atoms with Crippen molar-refractivity contribution in [3.63, 3.8) is 0 Å². The third-order valence-electron chi connectivity index (χ3n) is 5.28. The van der Waals surface area contributed by atoms with Gasteiger partial charge in [-0.2, -0.15) is 0 Å². The van der Waals surface area contributed by atoms with Crippen LogP contribution >= 0.6 is 0 Å². The van der Waals surface area contributed by atoms with Crippen LogP contribution in [0.1, 0.15) is 53.7 Å². The predicted octanol–water partition coefficient (Wildman–Crippen LogP) is 2.75. The zero-order valence-corrected chi connectivity index (χ0v) is 13.8. The van der Waals surface area contributed by atoms with Crippen molar-refractivity contribution in [1.82, 2.24) is 9.88 Å². The lowest BCUT2D eigenvalue weighted by atomic mass is 9.77. The van der Waals surface area contributed by atoms with Gasteiger partial charge >= 0.3 is 0 Å². The van der Waals surface area contributed by atoms with E-state index in [2.05, 4.69) is 11.6 Å². The zero-order chi connectivity index (χ0) is 16.3. The monoisotopic (exact) mass is 314 g/mol. The van der Waals surface area contributed by atoms with Gasteiger partial charge in [-0.25, -0.2) is 0 Å². The number of likely N-dealkylation sites (tertiary alicyclic amines) is 1. The van der Waals surface area contributed by atoms with Crippen LogP contribution in [0.2, 0.25) is 0 Å². The van der Waals surface area contributed by atoms with Crippen LogP contribution in [0.4, 0.5) is 0 Å². The Morgan fingerprint density at radius 1 is 1.39 bits per heavy atom. The lowest BCUT2D eigenvalue weighted by Crippen LogP contribution is -2.47. The molecule has 1 aliphatic heterocycles. The Morgan fingerprint density at radius 3 is 3.00 bits per heavy atom. The number of piperidine rings is 1. The predicted molar refractivity (Wildman–Crippen MR) is 90.3 cm³/mol. The van der Waals surface area contributed by atoms with Crippen molar-refractivity contribution in [2.75, 3.05) is 19.7 Å². The van der Waals surface area contributed by atoms with Gasteiger partial charge in [0.15, 0.2) is 0 Å². The van der Waals surface area contributed by atoms with Gasteiger partial charge in [-0.15, -0.1) is 6.58 Å². The van der Waals surface area contributed by atoms with Crippen molar-refractivity contribution < 1.29 is 9.90 Å². The van der Waals surface area contributed by atoms with Gasteiger partial charge in [0.2, 0.25) is 0 Å². The third-order valence-corrected chi connectivity index (χ3v) is 5.28. The lowest BCUT2D eigenvalue weighted by molar-refractivity contribution is 0.0285. The first-order chi connectivity index (χ1) is 11.2. The summed E-state index contributed by atoms with van der Waals surface area (Å²) in [6.45, 7) is 5.26. The molecule has 4 nitrogen and oxygen atoms in total. The molecule has 2 aliphatic rings. The third kappa shape index (κ3) is 3.32. The number of pyridine rings is 1. The first-order valence-electron chi connectivity index (χ1n) is 8.66. The Morgan fingerprint density at radius 2 is 2.22 bits per heavy atom. The quantitative estimate of drug-likeness (QED) is 0.870. The van der Waals surface area contributed by atoms with Crippen LogP contribution in [-0.4, -0.2) is 40.6 Å². The summed E-state index contributed by atoms with van der Waals surface area (Å²) >= 11 is 0. The number of amides is 1. The van der Waals surface area contributed by atoms with E-state index in [1.54, 1.807) is 6.20 Å². The molecular formula is C19H26N2O2. The number of aliphatic hydroxyl groups excluding tert-OH is 1. The smallest absolute Gasteiger partial charge is 0.255 e. The van der Waals surface area contributed by atoms with E-state index in [1.807, 2.05) is 17.0 Å². The SMILES string of the molecule is C=CC[C@@]1(CO)CCCN(C(=O)c2cnc3c(c2)CCCC3)C1. The fraction of sp³-hybridized carbons (Fsp3) is 0.579. The van der Waals surface area contributed by atoms with Crippen LogP contribution in [0, 0.1) is 5.41 Å². The number of aromatic nitrogens is 1. The lowest BCUT2D eigenvalue weighted by Gasteiger charge is -2.41. The number of rotatable bonds is 4. The summed E-state index contributed by atoms with van der Waals surface area (Å²) in [5, 5.41) is 9.80. The van der Waals surface area contributed by atoms with Crippen LogP contribution < -0.4 is 0 Å². The highest BCUT2D eigenvalue weighted by atomic mass is 16.3. The molecule has 4 heteroatoms. The molecule has 1 amide bonds. The minimum Gasteiger partial charge on any atom is -0.396 e. The Balaban J connectivity index is 1.78. The molecule has 2 heterocycles. The summed E-state index contributed by atoms with van der Waals surface area (Å²) < 4.78 is 0. The molecule has 0 aromatic carbocycles. The molecule has 0 spiro atoms. The highest BCUT2D eigenvalue weighted by molar-refractivity contribution is 5.94. The number of hydrogen-bond acceptors (Lipinski definition) is 3. The summed E-state index contributed by atoms with van der Waals surface area (Å²) in [6, 6.07) is 2.03. The minimum absolute atomic E-state index is 0.0486. The maximum atomic E-state index is 12.9. The normalized spacial score (nSPS) is 24.1. The van der Waals surface area contributed by atoms with Crippen molar-refractivity contribution in [2.24, 2.45) is 5.41 Å². The highest BCUT2D eigenvalue weighted by Gasteiger charge is 2.36. The van der Waals surface area contributed by atoms with Gasteiger partial charge in [0.25, 0.3) is 5.91 Å². The number of carbonyl (C=O) groups excluding carboxylic acids is 1. The number of aliphatic hydroxyl groups is 1. The fourth-order valence-corrected chi connectivity index (χ4v) is 3.94. The van der Waals surface area contributed by atoms with Gasteiger partial charge in [0.05, 0.1) is 12.2 Å². The van der Waals surface area contributed by atoms with E-state index in [0.717, 1.165) is 44.3 Å². The number of nitrogens with zero attached hydrogens (tertiary/aromatic N) is 2. The van der Waals surface area contributed by atoms with Crippen molar-refractivity contribution >= 4 is 5.91 Å². The summed E-state index contributed by atoms with van der Waals surface area (Å²) in [7, 11) is 0. The van der Waals surface area contributed by atoms with Crippen LogP contribution in [0.5, 0.6) is 0 Å². The summed E-state index contributed by atoms with van der Waals surface area (Å²) in [4.78, 5) is 19.3. The standard InChI is InChI=1S/C19H26N2O2/c1-2-8-19(14-22)9-5-10-21(13-19)18(23)16-11-15-6-3-4-7-17(15)20-12-16/h2,11-12,22H,1,3-10,13-14H2/t19-/m1/s1. The Kier molecular flexibility index (Phi) is 4.81. The summed E-state index contributed by atoms with van der Waals surface area (Å²) in [6.07, 6.45) is 10.6. The molecule has 0 saturated carbocycles. The van der Waals surface area contributed by atoms with Crippen LogP contribution in [0.3, 0.4) is 0 Å². The Bertz CT molecular complexity index is 599. The van der Waals surface area contributed by atoms with E-state index in [-0.39, 0.29) is 17.9 Å². The van der Waals surface area contributed by atoms with Crippen molar-refractivity contribution in [3.05, 3.63) is 41.7 Å². The Hall–Kier alpha value is -1.68. The van der Waals surface area contributed by atoms with E-state index in [9.17, 15) is 9.90 Å². The van der Waals surface area contributed by atoms with Gasteiger partial charge in [0.1, 0.15) is 0 Å². The molecule has 1 aromatic heterocycles. The highest BCUT2D eigenvalue weighted by Crippen LogP contribution is 2.34. The van der Waals surface area contributed by atoms with Gasteiger partial charge in [-0.05, 0) is 56.6 Å². The molecule has 1 fully saturated rings. The zero-order valence-electron chi connectivity index (χ0n) is 13.8. The molecule has 0 radical (unpaired) electrons. The summed E-state index contributed by atoms with van der Waals surface area (Å²) in [5.41, 5.74) is 2.86. The minimum atomic E-state index is -0.225. The molecule has 0 unspecified atom stereocenters. The van der Waals surface area contributed by atoms with Gasteiger partial charge in [0, 0.05) is 30.4 Å². The molecular weight excluding hydrogens is 288 g/mol. The number of allylic oxidation sites excluding steroid dienone is 1. The van der Waals surface area contributed by atoms with Crippen molar-refractivity contribution in [3.8, 4) is 0 Å². The first-order valence-corrected chi connectivity index (χ1v) is 8.66. The molecule has 124 valence electrons. The average molecular weight is 314 g/mol. The maximum absolute atomic E-state index is 12.9. The average Bonchev–Trinajstić information content (AvgIpc) is 2.61. The van der Waals surface area contributed by atoms with Gasteiger partial charge < -0.3 is 10.0 Å². The van der Waals surface area contributed by atoms with Crippen LogP contribution in [0.15, 0.2) is 24.9 Å². The first kappa shape index (κ1) is 16.2. The molecule has 0 bridgehead atoms. The topological polar surface area (TPSA) is 53.4 Å². The number of aryl methyl sites for hydroxylation is 2. The van der Waals surface area contributed by atoms with E-state index in [0.29, 0.717) is 12.1 Å². The second kappa shape index (κ2) is 6.83. The summed E-state index contributed by atoms with van der Waals surface area (Å²) in [5.74, 6) is 0.0486. The van der Waals surface area contributed by atoms with Crippen LogP contribution in [0.25, 0.3) is 0 Å². The maximum Gasteiger partial charge on any atom is 0.255 e. The van der Waals surface area contributed by atoms with Crippen molar-refractivity contribution in [2.45, 2.75) is 44.9 Å². The van der Waals surface area contributed by atoms with Crippen LogP contribution in [-0.2, 0) is 12.8 Å². The molecule has 1 saturated heterocycles. The molecule has 23 heavy (non-hydrogen) atoms. The van der Waals surface area contributed by atoms with E-state index < -0.39 is 0 Å². The number of hydrogen-bond donors (Lipinski definition) is 1. The molecule has 1 aliphatic carbocycles. The van der Waals surface area contributed by atoms with E-state index in [4.69, 9.17) is 0 Å². The van der Waals surface area contributed by atoms with Gasteiger partial charge in [-0.1, -0.05) is 6.08 Å². The number of carbonyl (C=O) groups is 1. The van der Waals surface area contributed by atoms with Crippen molar-refractivity contribution in [1.29, 1.82) is 0 Å². The fourth-order valence-electron chi connectivity index (χ4n) is 3.94.